The number of nitrogens with zero attached hydrogens (tertiary/aromatic N) is 2. The van der Waals surface area contributed by atoms with Gasteiger partial charge in [-0.25, -0.2) is 4.90 Å². The van der Waals surface area contributed by atoms with E-state index in [4.69, 9.17) is 0 Å². The molecular formula is C30H34N2O3. The third-order valence-electron chi connectivity index (χ3n) is 9.02. The third-order valence-corrected chi connectivity index (χ3v) is 9.02. The van der Waals surface area contributed by atoms with Gasteiger partial charge in [-0.2, -0.15) is 0 Å². The van der Waals surface area contributed by atoms with E-state index in [9.17, 15) is 14.4 Å². The number of hydrogen-bond donors (Lipinski definition) is 0. The molecule has 5 aliphatic rings. The molecule has 1 heterocycles. The average molecular weight is 471 g/mol. The average Bonchev–Trinajstić information content (AvgIpc) is 3.11. The van der Waals surface area contributed by atoms with E-state index in [2.05, 4.69) is 0 Å². The second kappa shape index (κ2) is 8.32. The topological polar surface area (TPSA) is 57.7 Å². The minimum absolute atomic E-state index is 0.0523. The molecular weight excluding hydrogens is 436 g/mol. The molecule has 5 fully saturated rings. The van der Waals surface area contributed by atoms with Crippen molar-refractivity contribution in [2.45, 2.75) is 71.4 Å². The van der Waals surface area contributed by atoms with Crippen LogP contribution in [0, 0.1) is 37.0 Å². The summed E-state index contributed by atoms with van der Waals surface area (Å²) in [6, 6.07) is 14.9. The van der Waals surface area contributed by atoms with Gasteiger partial charge in [0.2, 0.25) is 11.8 Å². The summed E-state index contributed by atoms with van der Waals surface area (Å²) in [6.45, 7) is 4.39. The maximum absolute atomic E-state index is 14.4. The molecule has 4 bridgehead atoms. The summed E-state index contributed by atoms with van der Waals surface area (Å²) in [5.41, 5.74) is 3.46. The number of rotatable bonds is 5. The first kappa shape index (κ1) is 22.5. The van der Waals surface area contributed by atoms with Crippen LogP contribution in [0.5, 0.6) is 0 Å². The number of anilines is 1. The molecule has 7 rings (SSSR count). The third kappa shape index (κ3) is 3.89. The van der Waals surface area contributed by atoms with Crippen LogP contribution in [-0.2, 0) is 20.9 Å². The summed E-state index contributed by atoms with van der Waals surface area (Å²) in [5, 5.41) is 0. The Balaban J connectivity index is 1.34. The Morgan fingerprint density at radius 1 is 0.857 bits per heavy atom. The van der Waals surface area contributed by atoms with Gasteiger partial charge in [-0.3, -0.25) is 14.4 Å². The summed E-state index contributed by atoms with van der Waals surface area (Å²) >= 11 is 0. The van der Waals surface area contributed by atoms with Crippen LogP contribution >= 0.6 is 0 Å². The number of imide groups is 1. The highest BCUT2D eigenvalue weighted by Crippen LogP contribution is 2.60. The van der Waals surface area contributed by atoms with Crippen molar-refractivity contribution in [3.8, 4) is 0 Å². The number of carbonyl (C=O) groups is 3. The second-order valence-electron chi connectivity index (χ2n) is 11.7. The Morgan fingerprint density at radius 2 is 1.37 bits per heavy atom. The van der Waals surface area contributed by atoms with Gasteiger partial charge in [0.25, 0.3) is 5.91 Å². The zero-order chi connectivity index (χ0) is 24.3. The fraction of sp³-hybridized carbons (Fsp3) is 0.500. The van der Waals surface area contributed by atoms with Gasteiger partial charge < -0.3 is 4.90 Å². The number of carbonyl (C=O) groups excluding carboxylic acids is 3. The molecule has 0 spiro atoms. The normalized spacial score (nSPS) is 31.3. The molecule has 0 aromatic heterocycles. The lowest BCUT2D eigenvalue weighted by Gasteiger charge is -2.57. The maximum atomic E-state index is 14.4. The quantitative estimate of drug-likeness (QED) is 0.566. The molecule has 3 amide bonds. The van der Waals surface area contributed by atoms with Crippen LogP contribution in [0.15, 0.2) is 48.5 Å². The fourth-order valence-corrected chi connectivity index (χ4v) is 7.72. The lowest BCUT2D eigenvalue weighted by Crippen LogP contribution is -2.57. The first-order chi connectivity index (χ1) is 16.8. The van der Waals surface area contributed by atoms with Crippen molar-refractivity contribution in [3.63, 3.8) is 0 Å². The summed E-state index contributed by atoms with van der Waals surface area (Å²) in [7, 11) is 0. The van der Waals surface area contributed by atoms with Crippen LogP contribution in [0.1, 0.15) is 61.6 Å². The van der Waals surface area contributed by atoms with Crippen LogP contribution < -0.4 is 4.90 Å². The number of aryl methyl sites for hydroxylation is 2. The monoisotopic (exact) mass is 470 g/mol. The Kier molecular flexibility index (Phi) is 5.35. The molecule has 1 atom stereocenters. The summed E-state index contributed by atoms with van der Waals surface area (Å²) in [4.78, 5) is 44.4. The molecule has 182 valence electrons. The number of hydrogen-bond acceptors (Lipinski definition) is 3. The van der Waals surface area contributed by atoms with E-state index in [0.717, 1.165) is 36.0 Å². The maximum Gasteiger partial charge on any atom is 0.257 e. The molecule has 35 heavy (non-hydrogen) atoms. The van der Waals surface area contributed by atoms with Crippen molar-refractivity contribution in [1.82, 2.24) is 4.90 Å². The van der Waals surface area contributed by atoms with Gasteiger partial charge in [-0.1, -0.05) is 47.5 Å². The van der Waals surface area contributed by atoms with Crippen LogP contribution in [0.3, 0.4) is 0 Å². The van der Waals surface area contributed by atoms with Crippen LogP contribution in [0.2, 0.25) is 0 Å². The number of amides is 3. The molecule has 2 aromatic rings. The molecule has 4 saturated carbocycles. The Labute approximate surface area is 207 Å². The molecule has 5 nitrogen and oxygen atoms in total. The van der Waals surface area contributed by atoms with E-state index in [1.54, 1.807) is 4.90 Å². The van der Waals surface area contributed by atoms with Crippen molar-refractivity contribution in [2.75, 3.05) is 4.90 Å². The number of benzene rings is 2. The van der Waals surface area contributed by atoms with E-state index >= 15 is 0 Å². The van der Waals surface area contributed by atoms with Crippen molar-refractivity contribution < 1.29 is 14.4 Å². The van der Waals surface area contributed by atoms with Crippen LogP contribution in [-0.4, -0.2) is 28.7 Å². The van der Waals surface area contributed by atoms with Crippen LogP contribution in [0.25, 0.3) is 0 Å². The Hall–Kier alpha value is -2.95. The molecule has 0 radical (unpaired) electrons. The zero-order valence-electron chi connectivity index (χ0n) is 20.7. The van der Waals surface area contributed by atoms with E-state index in [1.165, 1.54) is 24.2 Å². The highest BCUT2D eigenvalue weighted by molar-refractivity contribution is 6.23. The smallest absolute Gasteiger partial charge is 0.257 e. The van der Waals surface area contributed by atoms with Crippen molar-refractivity contribution in [2.24, 2.45) is 23.2 Å². The van der Waals surface area contributed by atoms with Gasteiger partial charge in [-0.05, 0) is 87.8 Å². The molecule has 2 aromatic carbocycles. The minimum Gasteiger partial charge on any atom is -0.325 e. The van der Waals surface area contributed by atoms with Crippen molar-refractivity contribution in [1.29, 1.82) is 0 Å². The van der Waals surface area contributed by atoms with Gasteiger partial charge >= 0.3 is 0 Å². The van der Waals surface area contributed by atoms with Gasteiger partial charge in [0.1, 0.15) is 6.04 Å². The summed E-state index contributed by atoms with van der Waals surface area (Å²) in [6.07, 6.45) is 6.65. The second-order valence-corrected chi connectivity index (χ2v) is 11.7. The highest BCUT2D eigenvalue weighted by atomic mass is 16.2. The lowest BCUT2D eigenvalue weighted by atomic mass is 9.49. The van der Waals surface area contributed by atoms with Gasteiger partial charge in [0.15, 0.2) is 0 Å². The van der Waals surface area contributed by atoms with E-state index in [-0.39, 0.29) is 29.6 Å². The lowest BCUT2D eigenvalue weighted by molar-refractivity contribution is -0.162. The predicted molar refractivity (Wildman–Crippen MR) is 134 cm³/mol. The fourth-order valence-electron chi connectivity index (χ4n) is 7.72. The van der Waals surface area contributed by atoms with E-state index < -0.39 is 6.04 Å². The SMILES string of the molecule is Cc1ccc(CN(C(=O)C23CC4CC(CC(C4)C2)C3)C2CC(=O)N(c3ccc(C)cc3)C2=O)cc1. The van der Waals surface area contributed by atoms with Crippen LogP contribution in [0.4, 0.5) is 5.69 Å². The van der Waals surface area contributed by atoms with Crippen molar-refractivity contribution >= 4 is 23.4 Å². The largest absolute Gasteiger partial charge is 0.325 e. The first-order valence-corrected chi connectivity index (χ1v) is 13.1. The minimum atomic E-state index is -0.745. The summed E-state index contributed by atoms with van der Waals surface area (Å²) < 4.78 is 0. The van der Waals surface area contributed by atoms with E-state index in [0.29, 0.717) is 30.0 Å². The van der Waals surface area contributed by atoms with Crippen molar-refractivity contribution in [3.05, 3.63) is 65.2 Å². The molecule has 5 heteroatoms. The highest BCUT2D eigenvalue weighted by Gasteiger charge is 2.57. The zero-order valence-corrected chi connectivity index (χ0v) is 20.7. The molecule has 0 N–H and O–H groups in total. The molecule has 4 aliphatic carbocycles. The molecule has 1 unspecified atom stereocenters. The van der Waals surface area contributed by atoms with E-state index in [1.807, 2.05) is 62.4 Å². The summed E-state index contributed by atoms with van der Waals surface area (Å²) in [5.74, 6) is 1.51. The molecule has 1 aliphatic heterocycles. The van der Waals surface area contributed by atoms with Gasteiger partial charge in [0, 0.05) is 6.54 Å². The Morgan fingerprint density at radius 3 is 1.91 bits per heavy atom. The predicted octanol–water partition coefficient (Wildman–Crippen LogP) is 5.18. The first-order valence-electron chi connectivity index (χ1n) is 13.1. The standard InChI is InChI=1S/C30H34N2O3/c1-19-3-7-21(8-4-19)18-31(29(35)30-15-22-11-23(16-30)13-24(12-22)17-30)26-14-27(33)32(28(26)34)25-9-5-20(2)6-10-25/h3-10,22-24,26H,11-18H2,1-2H3. The Bertz CT molecular complexity index is 1130. The van der Waals surface area contributed by atoms with Gasteiger partial charge in [-0.15, -0.1) is 0 Å². The molecule has 1 saturated heterocycles. The van der Waals surface area contributed by atoms with Gasteiger partial charge in [0.05, 0.1) is 17.5 Å².